The lowest BCUT2D eigenvalue weighted by atomic mass is 9.87. The van der Waals surface area contributed by atoms with Gasteiger partial charge in [0, 0.05) is 0 Å². The molecule has 0 amide bonds. The number of hydrogen-bond acceptors (Lipinski definition) is 4. The van der Waals surface area contributed by atoms with E-state index in [2.05, 4.69) is 37.0 Å². The molecule has 3 aromatic rings. The van der Waals surface area contributed by atoms with Gasteiger partial charge in [-0.25, -0.2) is 0 Å². The summed E-state index contributed by atoms with van der Waals surface area (Å²) in [6.07, 6.45) is 4.40. The predicted molar refractivity (Wildman–Crippen MR) is 158 cm³/mol. The zero-order valence-electron chi connectivity index (χ0n) is 23.1. The Morgan fingerprint density at radius 2 is 1.21 bits per heavy atom. The van der Waals surface area contributed by atoms with E-state index in [0.717, 1.165) is 16.7 Å². The summed E-state index contributed by atoms with van der Waals surface area (Å²) in [7, 11) is -1.68. The molecule has 1 heterocycles. The fraction of sp³-hybridized carbons (Fsp3) is 0.353. The molecule has 0 aromatic heterocycles. The minimum Gasteiger partial charge on any atom is -0.374 e. The summed E-state index contributed by atoms with van der Waals surface area (Å²) in [4.78, 5) is 0. The third-order valence-electron chi connectivity index (χ3n) is 6.44. The molecule has 0 unspecified atom stereocenters. The maximum atomic E-state index is 6.58. The molecule has 1 aliphatic heterocycles. The second-order valence-corrected chi connectivity index (χ2v) is 15.6. The van der Waals surface area contributed by atoms with Crippen molar-refractivity contribution < 1.29 is 18.9 Å². The first kappa shape index (κ1) is 28.8. The van der Waals surface area contributed by atoms with Crippen LogP contribution in [0.4, 0.5) is 0 Å². The summed E-state index contributed by atoms with van der Waals surface area (Å²) in [5, 5.41) is 0. The third kappa shape index (κ3) is 8.94. The largest absolute Gasteiger partial charge is 0.374 e. The van der Waals surface area contributed by atoms with Crippen molar-refractivity contribution >= 4 is 8.07 Å². The van der Waals surface area contributed by atoms with Crippen LogP contribution < -0.4 is 0 Å². The lowest BCUT2D eigenvalue weighted by Gasteiger charge is -2.43. The minimum absolute atomic E-state index is 0.339. The molecule has 1 saturated heterocycles. The van der Waals surface area contributed by atoms with Crippen molar-refractivity contribution in [2.75, 3.05) is 6.61 Å². The molecule has 39 heavy (non-hydrogen) atoms. The standard InChI is InChI=1S/C34H38O4Si/c1-5-30-32(26-35-23-27-15-9-6-10-16-27)38-31(21-22-39(2,3)4)34(37-25-29-19-13-8-14-20-29)33(30)36-24-28-17-11-7-12-18-28/h1,6-20,30-34H,23-26H2,2-4H3/t30-,31+,32-,33+,34+/m1/s1. The SMILES string of the molecule is C#C[C@H]1[C@H](OCc2ccccc2)[C@@H](OCc2ccccc2)[C@H](C#C[Si](C)(C)C)O[C@@H]1COCc1ccccc1. The first-order valence-corrected chi connectivity index (χ1v) is 17.0. The summed E-state index contributed by atoms with van der Waals surface area (Å²) in [5.74, 6) is 6.01. The fourth-order valence-corrected chi connectivity index (χ4v) is 5.04. The predicted octanol–water partition coefficient (Wildman–Crippen LogP) is 6.27. The van der Waals surface area contributed by atoms with Crippen molar-refractivity contribution in [2.24, 2.45) is 5.92 Å². The molecule has 0 spiro atoms. The average molecular weight is 539 g/mol. The first-order chi connectivity index (χ1) is 18.9. The van der Waals surface area contributed by atoms with Gasteiger partial charge in [-0.3, -0.25) is 0 Å². The van der Waals surface area contributed by atoms with Crippen LogP contribution in [0.5, 0.6) is 0 Å². The summed E-state index contributed by atoms with van der Waals surface area (Å²) >= 11 is 0. The molecule has 1 fully saturated rings. The van der Waals surface area contributed by atoms with Crippen LogP contribution in [0.15, 0.2) is 91.0 Å². The molecule has 4 nitrogen and oxygen atoms in total. The fourth-order valence-electron chi connectivity index (χ4n) is 4.47. The molecular weight excluding hydrogens is 500 g/mol. The van der Waals surface area contributed by atoms with Crippen LogP contribution in [0.1, 0.15) is 16.7 Å². The lowest BCUT2D eigenvalue weighted by Crippen LogP contribution is -2.56. The van der Waals surface area contributed by atoms with E-state index in [1.165, 1.54) is 0 Å². The van der Waals surface area contributed by atoms with Gasteiger partial charge in [0.15, 0.2) is 0 Å². The van der Waals surface area contributed by atoms with Crippen LogP contribution in [0.2, 0.25) is 19.6 Å². The van der Waals surface area contributed by atoms with Crippen LogP contribution in [0.3, 0.4) is 0 Å². The molecule has 4 rings (SSSR count). The zero-order valence-corrected chi connectivity index (χ0v) is 24.1. The molecule has 0 saturated carbocycles. The number of ether oxygens (including phenoxy) is 4. The second-order valence-electron chi connectivity index (χ2n) is 10.8. The summed E-state index contributed by atoms with van der Waals surface area (Å²) in [5.41, 5.74) is 6.73. The first-order valence-electron chi connectivity index (χ1n) is 13.5. The van der Waals surface area contributed by atoms with E-state index >= 15 is 0 Å². The van der Waals surface area contributed by atoms with Gasteiger partial charge in [-0.15, -0.1) is 12.0 Å². The maximum absolute atomic E-state index is 6.58. The Morgan fingerprint density at radius 3 is 1.69 bits per heavy atom. The molecule has 0 aliphatic carbocycles. The van der Waals surface area contributed by atoms with E-state index in [9.17, 15) is 0 Å². The van der Waals surface area contributed by atoms with Gasteiger partial charge in [0.25, 0.3) is 0 Å². The van der Waals surface area contributed by atoms with Crippen molar-refractivity contribution in [1.82, 2.24) is 0 Å². The topological polar surface area (TPSA) is 36.9 Å². The van der Waals surface area contributed by atoms with Crippen LogP contribution >= 0.6 is 0 Å². The zero-order chi connectivity index (χ0) is 27.5. The molecule has 1 aliphatic rings. The minimum atomic E-state index is -1.68. The summed E-state index contributed by atoms with van der Waals surface area (Å²) in [6.45, 7) is 8.31. The van der Waals surface area contributed by atoms with Gasteiger partial charge in [0.05, 0.1) is 38.4 Å². The van der Waals surface area contributed by atoms with E-state index < -0.39 is 26.4 Å². The number of hydrogen-bond donors (Lipinski definition) is 0. The molecule has 202 valence electrons. The lowest BCUT2D eigenvalue weighted by molar-refractivity contribution is -0.218. The summed E-state index contributed by atoms with van der Waals surface area (Å²) < 4.78 is 25.8. The number of benzene rings is 3. The Kier molecular flexibility index (Phi) is 10.6. The van der Waals surface area contributed by atoms with E-state index in [1.54, 1.807) is 0 Å². The van der Waals surface area contributed by atoms with Gasteiger partial charge in [-0.05, 0) is 16.7 Å². The van der Waals surface area contributed by atoms with Crippen LogP contribution in [0, 0.1) is 29.7 Å². The normalized spacial score (nSPS) is 22.9. The van der Waals surface area contributed by atoms with Crippen molar-refractivity contribution in [1.29, 1.82) is 0 Å². The number of terminal acetylenes is 1. The molecular formula is C34H38O4Si. The molecule has 0 bridgehead atoms. The van der Waals surface area contributed by atoms with Crippen LogP contribution in [-0.4, -0.2) is 39.1 Å². The van der Waals surface area contributed by atoms with Crippen molar-refractivity contribution in [3.8, 4) is 23.8 Å². The van der Waals surface area contributed by atoms with Gasteiger partial charge >= 0.3 is 0 Å². The van der Waals surface area contributed by atoms with Crippen molar-refractivity contribution in [2.45, 2.75) is 63.9 Å². The summed E-state index contributed by atoms with van der Waals surface area (Å²) in [6, 6.07) is 30.3. The molecule has 5 atom stereocenters. The van der Waals surface area contributed by atoms with Gasteiger partial charge in [-0.2, -0.15) is 0 Å². The Bertz CT molecular complexity index is 1240. The van der Waals surface area contributed by atoms with Gasteiger partial charge in [-0.1, -0.05) is 122 Å². The van der Waals surface area contributed by atoms with E-state index in [-0.39, 0.29) is 12.0 Å². The number of rotatable bonds is 10. The Labute approximate surface area is 234 Å². The van der Waals surface area contributed by atoms with E-state index in [4.69, 9.17) is 25.4 Å². The van der Waals surface area contributed by atoms with Crippen LogP contribution in [-0.2, 0) is 38.8 Å². The monoisotopic (exact) mass is 538 g/mol. The molecule has 0 radical (unpaired) electrons. The highest BCUT2D eigenvalue weighted by atomic mass is 28.3. The van der Waals surface area contributed by atoms with Gasteiger partial charge in [0.1, 0.15) is 26.4 Å². The quantitative estimate of drug-likeness (QED) is 0.225. The maximum Gasteiger partial charge on any atom is 0.146 e. The Morgan fingerprint density at radius 1 is 0.718 bits per heavy atom. The van der Waals surface area contributed by atoms with E-state index in [1.807, 2.05) is 91.0 Å². The average Bonchev–Trinajstić information content (AvgIpc) is 2.95. The smallest absolute Gasteiger partial charge is 0.146 e. The van der Waals surface area contributed by atoms with Gasteiger partial charge < -0.3 is 18.9 Å². The van der Waals surface area contributed by atoms with Crippen LogP contribution in [0.25, 0.3) is 0 Å². The van der Waals surface area contributed by atoms with Crippen molar-refractivity contribution in [3.63, 3.8) is 0 Å². The second kappa shape index (κ2) is 14.3. The Balaban J connectivity index is 1.59. The highest BCUT2D eigenvalue weighted by Gasteiger charge is 2.46. The molecule has 3 aromatic carbocycles. The highest BCUT2D eigenvalue weighted by Crippen LogP contribution is 2.32. The Hall–Kier alpha value is -3.16. The third-order valence-corrected chi connectivity index (χ3v) is 7.34. The molecule has 0 N–H and O–H groups in total. The molecule has 5 heteroatoms. The van der Waals surface area contributed by atoms with Crippen molar-refractivity contribution in [3.05, 3.63) is 108 Å². The highest BCUT2D eigenvalue weighted by molar-refractivity contribution is 6.83. The van der Waals surface area contributed by atoms with Gasteiger partial charge in [0.2, 0.25) is 0 Å². The van der Waals surface area contributed by atoms with E-state index in [0.29, 0.717) is 26.4 Å².